The first-order chi connectivity index (χ1) is 21.1. The molecule has 44 heavy (non-hydrogen) atoms. The van der Waals surface area contributed by atoms with Gasteiger partial charge in [0.25, 0.3) is 0 Å². The van der Waals surface area contributed by atoms with E-state index in [2.05, 4.69) is 30.4 Å². The molecule has 0 amide bonds. The molecular formula is C30H24N6O8. The largest absolute Gasteiger partial charge is 0.507 e. The smallest absolute Gasteiger partial charge is 0.337 e. The average Bonchev–Trinajstić information content (AvgIpc) is 2.99. The van der Waals surface area contributed by atoms with Gasteiger partial charge in [0.15, 0.2) is 0 Å². The normalized spacial score (nSPS) is 11.7. The Labute approximate surface area is 249 Å². The lowest BCUT2D eigenvalue weighted by Gasteiger charge is -2.04. The van der Waals surface area contributed by atoms with E-state index < -0.39 is 11.9 Å². The highest BCUT2D eigenvalue weighted by Gasteiger charge is 2.12. The van der Waals surface area contributed by atoms with E-state index in [1.807, 2.05) is 0 Å². The van der Waals surface area contributed by atoms with Crippen LogP contribution in [0.2, 0.25) is 0 Å². The van der Waals surface area contributed by atoms with Crippen molar-refractivity contribution in [3.63, 3.8) is 0 Å². The fraction of sp³-hybridized carbons (Fsp3) is 0.0667. The molecule has 0 spiro atoms. The van der Waals surface area contributed by atoms with Crippen LogP contribution in [0.25, 0.3) is 0 Å². The van der Waals surface area contributed by atoms with Gasteiger partial charge in [0, 0.05) is 35.7 Å². The summed E-state index contributed by atoms with van der Waals surface area (Å²) in [6, 6.07) is 16.7. The Kier molecular flexibility index (Phi) is 9.68. The number of aromatic carboxylic acids is 2. The Bertz CT molecular complexity index is 1700. The van der Waals surface area contributed by atoms with Gasteiger partial charge in [-0.2, -0.15) is 0 Å². The van der Waals surface area contributed by atoms with Gasteiger partial charge in [0.2, 0.25) is 0 Å². The predicted molar refractivity (Wildman–Crippen MR) is 160 cm³/mol. The van der Waals surface area contributed by atoms with Crippen molar-refractivity contribution in [3.8, 4) is 23.0 Å². The number of phenols is 4. The third-order valence-electron chi connectivity index (χ3n) is 5.87. The molecule has 0 saturated carbocycles. The molecule has 0 radical (unpaired) electrons. The van der Waals surface area contributed by atoms with Gasteiger partial charge in [-0.15, -0.1) is 20.5 Å². The highest BCUT2D eigenvalue weighted by molar-refractivity contribution is 5.94. The molecule has 0 bridgehead atoms. The molecular weight excluding hydrogens is 572 g/mol. The minimum Gasteiger partial charge on any atom is -0.507 e. The van der Waals surface area contributed by atoms with Gasteiger partial charge in [0.1, 0.15) is 45.7 Å². The van der Waals surface area contributed by atoms with Crippen LogP contribution >= 0.6 is 0 Å². The molecule has 4 aromatic carbocycles. The van der Waals surface area contributed by atoms with Crippen molar-refractivity contribution in [2.24, 2.45) is 30.4 Å². The second-order valence-corrected chi connectivity index (χ2v) is 8.91. The van der Waals surface area contributed by atoms with Gasteiger partial charge in [0.05, 0.1) is 24.2 Å². The average molecular weight is 597 g/mol. The molecule has 0 saturated heterocycles. The molecule has 0 aliphatic rings. The number of carboxylic acids is 2. The maximum atomic E-state index is 11.4. The van der Waals surface area contributed by atoms with Crippen molar-refractivity contribution in [3.05, 3.63) is 95.1 Å². The summed E-state index contributed by atoms with van der Waals surface area (Å²) in [6.45, 7) is 0.327. The molecule has 0 unspecified atom stereocenters. The number of carbonyl (C=O) groups is 2. The highest BCUT2D eigenvalue weighted by atomic mass is 16.4. The van der Waals surface area contributed by atoms with Crippen LogP contribution in [0.1, 0.15) is 31.8 Å². The zero-order valence-electron chi connectivity index (χ0n) is 22.7. The number of carboxylic acid groups (broad SMARTS) is 2. The van der Waals surface area contributed by atoms with Gasteiger partial charge >= 0.3 is 11.9 Å². The Balaban J connectivity index is 1.42. The van der Waals surface area contributed by atoms with Gasteiger partial charge in [-0.1, -0.05) is 24.3 Å². The van der Waals surface area contributed by atoms with Crippen LogP contribution in [-0.2, 0) is 0 Å². The Hall–Kier alpha value is -6.44. The van der Waals surface area contributed by atoms with Crippen LogP contribution in [0.5, 0.6) is 23.0 Å². The van der Waals surface area contributed by atoms with Crippen molar-refractivity contribution in [1.82, 2.24) is 0 Å². The monoisotopic (exact) mass is 596 g/mol. The molecule has 6 N–H and O–H groups in total. The Morgan fingerprint density at radius 3 is 1.27 bits per heavy atom. The minimum atomic E-state index is -1.18. The third-order valence-corrected chi connectivity index (χ3v) is 5.87. The summed E-state index contributed by atoms with van der Waals surface area (Å²) >= 11 is 0. The molecule has 14 heteroatoms. The van der Waals surface area contributed by atoms with E-state index in [1.165, 1.54) is 48.8 Å². The van der Waals surface area contributed by atoms with Gasteiger partial charge in [-0.3, -0.25) is 9.98 Å². The summed E-state index contributed by atoms with van der Waals surface area (Å²) in [7, 11) is 0. The molecule has 0 aliphatic heterocycles. The number of azo groups is 2. The Morgan fingerprint density at radius 2 is 0.886 bits per heavy atom. The Morgan fingerprint density at radius 1 is 0.523 bits per heavy atom. The second kappa shape index (κ2) is 14.0. The van der Waals surface area contributed by atoms with E-state index in [1.54, 1.807) is 24.3 Å². The van der Waals surface area contributed by atoms with E-state index in [0.29, 0.717) is 0 Å². The number of aromatic hydroxyl groups is 4. The number of aliphatic imine (C=N–C) groups is 2. The highest BCUT2D eigenvalue weighted by Crippen LogP contribution is 2.35. The summed E-state index contributed by atoms with van der Waals surface area (Å²) in [5, 5.41) is 74.8. The molecule has 0 atom stereocenters. The molecule has 14 nitrogen and oxygen atoms in total. The lowest BCUT2D eigenvalue weighted by molar-refractivity contribution is 0.0687. The maximum absolute atomic E-state index is 11.4. The maximum Gasteiger partial charge on any atom is 0.337 e. The topological polar surface area (TPSA) is 230 Å². The van der Waals surface area contributed by atoms with Crippen molar-refractivity contribution < 1.29 is 40.2 Å². The van der Waals surface area contributed by atoms with Crippen molar-refractivity contribution >= 4 is 47.1 Å². The van der Waals surface area contributed by atoms with E-state index >= 15 is 0 Å². The van der Waals surface area contributed by atoms with Gasteiger partial charge in [-0.25, -0.2) is 9.59 Å². The lowest BCUT2D eigenvalue weighted by Crippen LogP contribution is -1.95. The third kappa shape index (κ3) is 7.64. The number of phenolic OH excluding ortho intramolecular Hbond substituents is 4. The first-order valence-corrected chi connectivity index (χ1v) is 12.7. The summed E-state index contributed by atoms with van der Waals surface area (Å²) in [5.41, 5.74) is 0.400. The summed E-state index contributed by atoms with van der Waals surface area (Å²) in [6.07, 6.45) is 2.67. The number of rotatable bonds is 11. The summed E-state index contributed by atoms with van der Waals surface area (Å²) < 4.78 is 0. The number of nitrogens with zero attached hydrogens (tertiary/aromatic N) is 6. The summed E-state index contributed by atoms with van der Waals surface area (Å²) in [4.78, 5) is 31.1. The van der Waals surface area contributed by atoms with Crippen molar-refractivity contribution in [1.29, 1.82) is 0 Å². The number of hydrogen-bond donors (Lipinski definition) is 6. The van der Waals surface area contributed by atoms with E-state index in [4.69, 9.17) is 0 Å². The number of benzene rings is 4. The van der Waals surface area contributed by atoms with Crippen LogP contribution in [0.4, 0.5) is 22.7 Å². The van der Waals surface area contributed by atoms with E-state index in [9.17, 15) is 40.2 Å². The van der Waals surface area contributed by atoms with Gasteiger partial charge in [-0.05, 0) is 36.4 Å². The molecule has 0 heterocycles. The molecule has 222 valence electrons. The summed E-state index contributed by atoms with van der Waals surface area (Å²) in [5.74, 6) is -3.67. The first-order valence-electron chi connectivity index (χ1n) is 12.7. The van der Waals surface area contributed by atoms with Crippen LogP contribution in [-0.4, -0.2) is 68.1 Å². The standard InChI is InChI=1S/C30H24N6O8/c37-25-13-27(39)23(35-33-21-7-3-1-5-19(21)29(41)42)11-17(25)15-31-9-10-32-16-18-12-24(28(40)14-26(18)38)36-34-22-8-4-2-6-20(22)30(43)44/h1-8,11-16,37-40H,9-10H2,(H,41,42)(H,43,44). The molecule has 0 aromatic heterocycles. The van der Waals surface area contributed by atoms with Crippen LogP contribution < -0.4 is 0 Å². The van der Waals surface area contributed by atoms with Crippen molar-refractivity contribution in [2.75, 3.05) is 13.1 Å². The van der Waals surface area contributed by atoms with E-state index in [-0.39, 0.29) is 81.1 Å². The van der Waals surface area contributed by atoms with Gasteiger partial charge < -0.3 is 30.6 Å². The second-order valence-electron chi connectivity index (χ2n) is 8.91. The van der Waals surface area contributed by atoms with Crippen LogP contribution in [0.3, 0.4) is 0 Å². The predicted octanol–water partition coefficient (Wildman–Crippen LogP) is 6.27. The van der Waals surface area contributed by atoms with Crippen LogP contribution in [0, 0.1) is 0 Å². The SMILES string of the molecule is O=C(O)c1ccccc1N=Nc1cc(C=NCCN=Cc2cc(N=Nc3ccccc3C(=O)O)c(O)cc2O)c(O)cc1O. The molecule has 4 aromatic rings. The first kappa shape index (κ1) is 30.5. The molecule has 0 aliphatic carbocycles. The zero-order valence-corrected chi connectivity index (χ0v) is 22.7. The van der Waals surface area contributed by atoms with E-state index in [0.717, 1.165) is 12.1 Å². The fourth-order valence-corrected chi connectivity index (χ4v) is 3.67. The molecule has 0 fully saturated rings. The van der Waals surface area contributed by atoms with Crippen LogP contribution in [0.15, 0.2) is 103 Å². The minimum absolute atomic E-state index is 0.0235. The number of hydrogen-bond acceptors (Lipinski definition) is 12. The molecule has 4 rings (SSSR count). The quantitative estimate of drug-likeness (QED) is 0.0654. The van der Waals surface area contributed by atoms with Crippen molar-refractivity contribution in [2.45, 2.75) is 0 Å². The lowest BCUT2D eigenvalue weighted by atomic mass is 10.1. The fourth-order valence-electron chi connectivity index (χ4n) is 3.67. The zero-order chi connectivity index (χ0) is 31.6.